The molecule has 0 spiro atoms. The number of nitrogens with one attached hydrogen (secondary N) is 1. The molecule has 0 bridgehead atoms. The van der Waals surface area contributed by atoms with Crippen molar-refractivity contribution in [1.82, 2.24) is 9.78 Å². The first kappa shape index (κ1) is 19.0. The molecule has 0 aliphatic rings. The molecule has 0 aliphatic carbocycles. The van der Waals surface area contributed by atoms with Gasteiger partial charge in [-0.1, -0.05) is 30.3 Å². The van der Waals surface area contributed by atoms with E-state index in [1.165, 1.54) is 12.1 Å². The summed E-state index contributed by atoms with van der Waals surface area (Å²) in [6.07, 6.45) is 3.00. The van der Waals surface area contributed by atoms with E-state index in [1.807, 2.05) is 37.3 Å². The number of carbonyl (C=O) groups excluding carboxylic acids is 1. The molecule has 3 aromatic rings. The number of benzene rings is 2. The molecule has 2 aromatic carbocycles. The van der Waals surface area contributed by atoms with Crippen LogP contribution in [0.25, 0.3) is 11.8 Å². The van der Waals surface area contributed by atoms with Crippen molar-refractivity contribution in [2.75, 3.05) is 12.4 Å². The number of carbonyl (C=O) groups is 1. The lowest BCUT2D eigenvalue weighted by molar-refractivity contribution is -0.383. The molecule has 0 atom stereocenters. The molecule has 7 heteroatoms. The molecule has 3 rings (SSSR count). The molecule has 1 aromatic heterocycles. The quantitative estimate of drug-likeness (QED) is 0.299. The standard InChI is InChI=1S/C21H20N4O3/c1-14-21(15(2)24(23-14)17-7-5-4-6-8-17)20(26)12-10-16-9-11-18(22-3)19(13-16)25(27)28/h4-13,22H,1-3H3. The summed E-state index contributed by atoms with van der Waals surface area (Å²) in [5.41, 5.74) is 3.74. The van der Waals surface area contributed by atoms with E-state index in [4.69, 9.17) is 0 Å². The number of allylic oxidation sites excluding steroid dienone is 1. The van der Waals surface area contributed by atoms with Gasteiger partial charge in [-0.2, -0.15) is 5.10 Å². The third-order valence-corrected chi connectivity index (χ3v) is 4.45. The van der Waals surface area contributed by atoms with Crippen LogP contribution in [0, 0.1) is 24.0 Å². The number of nitrogens with zero attached hydrogens (tertiary/aromatic N) is 3. The maximum atomic E-state index is 12.8. The number of para-hydroxylation sites is 1. The van der Waals surface area contributed by atoms with Crippen molar-refractivity contribution in [1.29, 1.82) is 0 Å². The second-order valence-corrected chi connectivity index (χ2v) is 6.27. The minimum absolute atomic E-state index is 0.0404. The average Bonchev–Trinajstić information content (AvgIpc) is 3.00. The van der Waals surface area contributed by atoms with E-state index in [0.717, 1.165) is 11.4 Å². The topological polar surface area (TPSA) is 90.1 Å². The van der Waals surface area contributed by atoms with Crippen LogP contribution in [0.1, 0.15) is 27.3 Å². The Morgan fingerprint density at radius 2 is 1.89 bits per heavy atom. The van der Waals surface area contributed by atoms with Crippen LogP contribution < -0.4 is 5.32 Å². The zero-order chi connectivity index (χ0) is 20.3. The van der Waals surface area contributed by atoms with Gasteiger partial charge in [0.15, 0.2) is 5.78 Å². The molecule has 0 amide bonds. The summed E-state index contributed by atoms with van der Waals surface area (Å²) in [7, 11) is 1.62. The van der Waals surface area contributed by atoms with Gasteiger partial charge in [0.2, 0.25) is 0 Å². The van der Waals surface area contributed by atoms with Crippen molar-refractivity contribution in [2.24, 2.45) is 0 Å². The summed E-state index contributed by atoms with van der Waals surface area (Å²) in [4.78, 5) is 23.5. The lowest BCUT2D eigenvalue weighted by atomic mass is 10.1. The second-order valence-electron chi connectivity index (χ2n) is 6.27. The molecule has 1 N–H and O–H groups in total. The summed E-state index contributed by atoms with van der Waals surface area (Å²) in [6, 6.07) is 14.4. The van der Waals surface area contributed by atoms with E-state index in [1.54, 1.807) is 36.9 Å². The Balaban J connectivity index is 1.91. The van der Waals surface area contributed by atoms with Gasteiger partial charge in [-0.25, -0.2) is 4.68 Å². The Morgan fingerprint density at radius 1 is 1.18 bits per heavy atom. The first-order valence-corrected chi connectivity index (χ1v) is 8.72. The van der Waals surface area contributed by atoms with Crippen LogP contribution in [0.5, 0.6) is 0 Å². The number of ketones is 1. The van der Waals surface area contributed by atoms with E-state index in [9.17, 15) is 14.9 Å². The Morgan fingerprint density at radius 3 is 2.54 bits per heavy atom. The Hall–Kier alpha value is -3.74. The van der Waals surface area contributed by atoms with Crippen LogP contribution in [0.4, 0.5) is 11.4 Å². The molecule has 1 heterocycles. The molecule has 0 fully saturated rings. The lowest BCUT2D eigenvalue weighted by Crippen LogP contribution is -2.01. The maximum absolute atomic E-state index is 12.8. The monoisotopic (exact) mass is 376 g/mol. The van der Waals surface area contributed by atoms with Crippen molar-refractivity contribution in [3.8, 4) is 5.69 Å². The third-order valence-electron chi connectivity index (χ3n) is 4.45. The van der Waals surface area contributed by atoms with Crippen molar-refractivity contribution < 1.29 is 9.72 Å². The molecule has 0 aliphatic heterocycles. The van der Waals surface area contributed by atoms with Gasteiger partial charge >= 0.3 is 0 Å². The first-order valence-electron chi connectivity index (χ1n) is 8.72. The van der Waals surface area contributed by atoms with Gasteiger partial charge in [-0.3, -0.25) is 14.9 Å². The van der Waals surface area contributed by atoms with Crippen LogP contribution >= 0.6 is 0 Å². The number of nitro benzene ring substituents is 1. The van der Waals surface area contributed by atoms with Crippen LogP contribution in [-0.4, -0.2) is 27.5 Å². The average molecular weight is 376 g/mol. The first-order chi connectivity index (χ1) is 13.4. The summed E-state index contributed by atoms with van der Waals surface area (Å²) in [5, 5.41) is 18.4. The fourth-order valence-electron chi connectivity index (χ4n) is 3.09. The number of hydrogen-bond donors (Lipinski definition) is 1. The molecular formula is C21H20N4O3. The van der Waals surface area contributed by atoms with Gasteiger partial charge < -0.3 is 5.32 Å². The molecule has 0 radical (unpaired) electrons. The molecule has 0 saturated carbocycles. The zero-order valence-electron chi connectivity index (χ0n) is 15.8. The zero-order valence-corrected chi connectivity index (χ0v) is 15.8. The van der Waals surface area contributed by atoms with Crippen molar-refractivity contribution in [2.45, 2.75) is 13.8 Å². The van der Waals surface area contributed by atoms with Crippen LogP contribution in [0.3, 0.4) is 0 Å². The summed E-state index contributed by atoms with van der Waals surface area (Å²) in [5.74, 6) is -0.197. The highest BCUT2D eigenvalue weighted by Crippen LogP contribution is 2.26. The van der Waals surface area contributed by atoms with Crippen molar-refractivity contribution >= 4 is 23.2 Å². The van der Waals surface area contributed by atoms with Gasteiger partial charge in [-0.05, 0) is 43.7 Å². The van der Waals surface area contributed by atoms with Crippen LogP contribution in [-0.2, 0) is 0 Å². The number of hydrogen-bond acceptors (Lipinski definition) is 5. The molecule has 142 valence electrons. The van der Waals surface area contributed by atoms with Crippen LogP contribution in [0.2, 0.25) is 0 Å². The predicted octanol–water partition coefficient (Wildman–Crippen LogP) is 4.34. The number of anilines is 1. The molecule has 0 saturated heterocycles. The van der Waals surface area contributed by atoms with E-state index >= 15 is 0 Å². The normalized spacial score (nSPS) is 11.0. The SMILES string of the molecule is CNc1ccc(C=CC(=O)c2c(C)nn(-c3ccccc3)c2C)cc1[N+](=O)[O-]. The van der Waals surface area contributed by atoms with Gasteiger partial charge in [0.1, 0.15) is 5.69 Å². The lowest BCUT2D eigenvalue weighted by Gasteiger charge is -2.04. The van der Waals surface area contributed by atoms with Gasteiger partial charge in [0.25, 0.3) is 5.69 Å². The van der Waals surface area contributed by atoms with E-state index < -0.39 is 4.92 Å². The minimum Gasteiger partial charge on any atom is -0.383 e. The summed E-state index contributed by atoms with van der Waals surface area (Å²) >= 11 is 0. The van der Waals surface area contributed by atoms with E-state index in [2.05, 4.69) is 10.4 Å². The molecule has 7 nitrogen and oxygen atoms in total. The fourth-order valence-corrected chi connectivity index (χ4v) is 3.09. The third kappa shape index (κ3) is 3.68. The highest BCUT2D eigenvalue weighted by Gasteiger charge is 2.18. The smallest absolute Gasteiger partial charge is 0.292 e. The highest BCUT2D eigenvalue weighted by molar-refractivity contribution is 6.08. The van der Waals surface area contributed by atoms with E-state index in [0.29, 0.717) is 22.5 Å². The number of rotatable bonds is 6. The van der Waals surface area contributed by atoms with Gasteiger partial charge in [-0.15, -0.1) is 0 Å². The maximum Gasteiger partial charge on any atom is 0.292 e. The fraction of sp³-hybridized carbons (Fsp3) is 0.143. The van der Waals surface area contributed by atoms with Gasteiger partial charge in [0, 0.05) is 13.1 Å². The summed E-state index contributed by atoms with van der Waals surface area (Å²) < 4.78 is 1.74. The Kier molecular flexibility index (Phi) is 5.35. The Bertz CT molecular complexity index is 1070. The second kappa shape index (κ2) is 7.87. The van der Waals surface area contributed by atoms with Gasteiger partial charge in [0.05, 0.1) is 27.6 Å². The minimum atomic E-state index is -0.455. The predicted molar refractivity (Wildman–Crippen MR) is 109 cm³/mol. The largest absolute Gasteiger partial charge is 0.383 e. The van der Waals surface area contributed by atoms with Crippen molar-refractivity contribution in [3.63, 3.8) is 0 Å². The Labute approximate surface area is 162 Å². The summed E-state index contributed by atoms with van der Waals surface area (Å²) in [6.45, 7) is 3.64. The number of nitro groups is 1. The molecular weight excluding hydrogens is 356 g/mol. The number of aromatic nitrogens is 2. The number of aryl methyl sites for hydroxylation is 1. The van der Waals surface area contributed by atoms with Crippen LogP contribution in [0.15, 0.2) is 54.6 Å². The molecule has 28 heavy (non-hydrogen) atoms. The van der Waals surface area contributed by atoms with Crippen molar-refractivity contribution in [3.05, 3.63) is 87.2 Å². The molecule has 0 unspecified atom stereocenters. The van der Waals surface area contributed by atoms with E-state index in [-0.39, 0.29) is 11.5 Å². The highest BCUT2D eigenvalue weighted by atomic mass is 16.6.